The van der Waals surface area contributed by atoms with Crippen LogP contribution in [0.25, 0.3) is 75.1 Å². The highest BCUT2D eigenvalue weighted by molar-refractivity contribution is 7.26. The van der Waals surface area contributed by atoms with Crippen LogP contribution in [0.2, 0.25) is 0 Å². The van der Waals surface area contributed by atoms with Crippen LogP contribution in [0, 0.1) is 0 Å². The van der Waals surface area contributed by atoms with Crippen molar-refractivity contribution >= 4 is 81.3 Å². The predicted molar refractivity (Wildman–Crippen MR) is 235 cm³/mol. The monoisotopic (exact) mass is 721 g/mol. The Morgan fingerprint density at radius 3 is 2.00 bits per heavy atom. The molecule has 2 aromatic heterocycles. The van der Waals surface area contributed by atoms with E-state index in [9.17, 15) is 0 Å². The normalized spacial score (nSPS) is 14.1. The van der Waals surface area contributed by atoms with Gasteiger partial charge in [-0.1, -0.05) is 152 Å². The van der Waals surface area contributed by atoms with E-state index in [2.05, 4.69) is 199 Å². The number of allylic oxidation sites excluding steroid dienone is 4. The van der Waals surface area contributed by atoms with Gasteiger partial charge in [-0.25, -0.2) is 0 Å². The lowest BCUT2D eigenvalue weighted by Gasteiger charge is -2.29. The molecule has 0 amide bonds. The molecule has 0 fully saturated rings. The van der Waals surface area contributed by atoms with E-state index in [1.807, 2.05) is 11.3 Å². The fraction of sp³-hybridized carbons (Fsp3) is 0.0385. The summed E-state index contributed by atoms with van der Waals surface area (Å²) < 4.78 is 9.49. The average Bonchev–Trinajstić information content (AvgIpc) is 3.84. The topological polar surface area (TPSA) is 16.4 Å². The first kappa shape index (κ1) is 31.8. The predicted octanol–water partition coefficient (Wildman–Crippen LogP) is 15.5. The Bertz CT molecular complexity index is 3110. The first-order valence-electron chi connectivity index (χ1n) is 19.0. The highest BCUT2D eigenvalue weighted by Crippen LogP contribution is 2.51. The zero-order valence-corrected chi connectivity index (χ0v) is 30.8. The van der Waals surface area contributed by atoms with E-state index in [0.29, 0.717) is 0 Å². The van der Waals surface area contributed by atoms with Crippen LogP contribution in [0.15, 0.2) is 199 Å². The van der Waals surface area contributed by atoms with Crippen molar-refractivity contribution in [1.29, 1.82) is 0 Å². The molecule has 260 valence electrons. The molecule has 10 aromatic rings. The lowest BCUT2D eigenvalue weighted by atomic mass is 9.86. The molecule has 1 aliphatic carbocycles. The van der Waals surface area contributed by atoms with Crippen molar-refractivity contribution in [2.75, 3.05) is 4.90 Å². The minimum atomic E-state index is 0.290. The van der Waals surface area contributed by atoms with Gasteiger partial charge in [0.05, 0.1) is 16.1 Å². The number of benzene rings is 8. The van der Waals surface area contributed by atoms with Crippen molar-refractivity contribution in [3.63, 3.8) is 0 Å². The van der Waals surface area contributed by atoms with Gasteiger partial charge >= 0.3 is 0 Å². The van der Waals surface area contributed by atoms with Crippen molar-refractivity contribution in [2.45, 2.75) is 12.3 Å². The van der Waals surface area contributed by atoms with E-state index in [0.717, 1.165) is 61.9 Å². The number of hydrogen-bond donors (Lipinski definition) is 0. The highest BCUT2D eigenvalue weighted by Gasteiger charge is 2.26. The van der Waals surface area contributed by atoms with E-state index >= 15 is 0 Å². The summed E-state index contributed by atoms with van der Waals surface area (Å²) in [7, 11) is 0. The summed E-state index contributed by atoms with van der Waals surface area (Å²) in [6.45, 7) is 0. The Labute approximate surface area is 323 Å². The summed E-state index contributed by atoms with van der Waals surface area (Å²) in [5.41, 5.74) is 11.2. The number of thiophene rings is 1. The third kappa shape index (κ3) is 5.23. The van der Waals surface area contributed by atoms with Gasteiger partial charge in [0.25, 0.3) is 0 Å². The average molecular weight is 722 g/mol. The molecule has 0 bridgehead atoms. The second kappa shape index (κ2) is 13.0. The summed E-state index contributed by atoms with van der Waals surface area (Å²) in [4.78, 5) is 2.48. The zero-order valence-electron chi connectivity index (χ0n) is 30.0. The van der Waals surface area contributed by atoms with Gasteiger partial charge in [-0.3, -0.25) is 0 Å². The molecule has 2 nitrogen and oxygen atoms in total. The molecule has 0 N–H and O–H groups in total. The molecule has 0 saturated heterocycles. The molecular weight excluding hydrogens is 687 g/mol. The number of fused-ring (bicyclic) bond motifs is 8. The van der Waals surface area contributed by atoms with Crippen molar-refractivity contribution in [3.8, 4) is 22.3 Å². The van der Waals surface area contributed by atoms with Gasteiger partial charge < -0.3 is 9.32 Å². The van der Waals surface area contributed by atoms with Gasteiger partial charge in [0.1, 0.15) is 11.2 Å². The van der Waals surface area contributed by atoms with Gasteiger partial charge in [0.15, 0.2) is 0 Å². The maximum absolute atomic E-state index is 6.94. The van der Waals surface area contributed by atoms with Gasteiger partial charge in [0.2, 0.25) is 0 Å². The SMILES string of the molecule is C1=CCC(c2cc3c(oc4ccc(N(c5ccc(-c6ccccc6)cc5)c5cccc6c5sc5ccccc56)c(-c5ccccc5)c43)c3ccccc23)C=C1. The standard InChI is InChI=1S/C52H35NOS/c1-4-15-34(16-5-1)35-27-29-38(30-28-35)53(46-25-14-24-42-40-22-12-13-26-48(40)55-52(42)46)45-31-32-47-50(49(45)37-19-8-3-9-20-37)44-33-43(36-17-6-2-7-18-36)39-21-10-11-23-41(39)51(44)54-47/h1-17,19-33,36H,18H2. The van der Waals surface area contributed by atoms with E-state index in [1.165, 1.54) is 42.2 Å². The maximum atomic E-state index is 6.94. The van der Waals surface area contributed by atoms with Crippen LogP contribution in [0.5, 0.6) is 0 Å². The van der Waals surface area contributed by atoms with Crippen LogP contribution in [0.1, 0.15) is 17.9 Å². The fourth-order valence-electron chi connectivity index (χ4n) is 8.66. The van der Waals surface area contributed by atoms with E-state index < -0.39 is 0 Å². The third-order valence-corrected chi connectivity index (χ3v) is 12.4. The molecule has 1 aliphatic rings. The van der Waals surface area contributed by atoms with Crippen LogP contribution >= 0.6 is 11.3 Å². The molecule has 11 rings (SSSR count). The first-order chi connectivity index (χ1) is 27.3. The Balaban J connectivity index is 1.24. The number of rotatable bonds is 6. The first-order valence-corrected chi connectivity index (χ1v) is 19.8. The molecular formula is C52H35NOS. The Morgan fingerprint density at radius 2 is 1.22 bits per heavy atom. The molecule has 2 heterocycles. The van der Waals surface area contributed by atoms with Gasteiger partial charge in [-0.15, -0.1) is 11.3 Å². The molecule has 3 heteroatoms. The summed E-state index contributed by atoms with van der Waals surface area (Å²) in [5, 5.41) is 7.23. The number of hydrogen-bond acceptors (Lipinski definition) is 3. The highest BCUT2D eigenvalue weighted by atomic mass is 32.1. The number of nitrogens with zero attached hydrogens (tertiary/aromatic N) is 1. The lowest BCUT2D eigenvalue weighted by Crippen LogP contribution is -2.11. The summed E-state index contributed by atoms with van der Waals surface area (Å²) in [6.07, 6.45) is 9.93. The Kier molecular flexibility index (Phi) is 7.53. The summed E-state index contributed by atoms with van der Waals surface area (Å²) >= 11 is 1.86. The van der Waals surface area contributed by atoms with Gasteiger partial charge in [-0.05, 0) is 76.5 Å². The molecule has 55 heavy (non-hydrogen) atoms. The van der Waals surface area contributed by atoms with E-state index in [-0.39, 0.29) is 5.92 Å². The van der Waals surface area contributed by atoms with Crippen molar-refractivity contribution in [3.05, 3.63) is 200 Å². The Hall–Kier alpha value is -6.68. The molecule has 1 unspecified atom stereocenters. The van der Waals surface area contributed by atoms with Crippen LogP contribution in [0.4, 0.5) is 17.1 Å². The second-order valence-corrected chi connectivity index (χ2v) is 15.4. The summed E-state index contributed by atoms with van der Waals surface area (Å²) in [5.74, 6) is 0.290. The van der Waals surface area contributed by atoms with Gasteiger partial charge in [0, 0.05) is 48.8 Å². The second-order valence-electron chi connectivity index (χ2n) is 14.3. The largest absolute Gasteiger partial charge is 0.455 e. The lowest BCUT2D eigenvalue weighted by molar-refractivity contribution is 0.672. The molecule has 8 aromatic carbocycles. The molecule has 0 spiro atoms. The van der Waals surface area contributed by atoms with Crippen molar-refractivity contribution < 1.29 is 4.42 Å². The minimum absolute atomic E-state index is 0.290. The molecule has 0 radical (unpaired) electrons. The quantitative estimate of drug-likeness (QED) is 0.170. The fourth-order valence-corrected chi connectivity index (χ4v) is 9.86. The zero-order chi connectivity index (χ0) is 36.3. The minimum Gasteiger partial charge on any atom is -0.455 e. The van der Waals surface area contributed by atoms with Crippen LogP contribution < -0.4 is 4.90 Å². The van der Waals surface area contributed by atoms with Crippen molar-refractivity contribution in [1.82, 2.24) is 0 Å². The van der Waals surface area contributed by atoms with Crippen molar-refractivity contribution in [2.24, 2.45) is 0 Å². The van der Waals surface area contributed by atoms with Crippen LogP contribution in [-0.2, 0) is 0 Å². The summed E-state index contributed by atoms with van der Waals surface area (Å²) in [6, 6.07) is 61.7. The third-order valence-electron chi connectivity index (χ3n) is 11.2. The van der Waals surface area contributed by atoms with Crippen LogP contribution in [0.3, 0.4) is 0 Å². The van der Waals surface area contributed by atoms with E-state index in [4.69, 9.17) is 4.42 Å². The molecule has 1 atom stereocenters. The Morgan fingerprint density at radius 1 is 0.527 bits per heavy atom. The van der Waals surface area contributed by atoms with Crippen LogP contribution in [-0.4, -0.2) is 0 Å². The number of anilines is 3. The van der Waals surface area contributed by atoms with E-state index in [1.54, 1.807) is 0 Å². The smallest absolute Gasteiger partial charge is 0.143 e. The molecule has 0 aliphatic heterocycles. The van der Waals surface area contributed by atoms with Gasteiger partial charge in [-0.2, -0.15) is 0 Å². The number of furan rings is 1. The molecule has 0 saturated carbocycles. The maximum Gasteiger partial charge on any atom is 0.143 e.